The number of hydrogen-bond donors (Lipinski definition) is 1. The number of ether oxygens (including phenoxy) is 1. The molecule has 0 amide bonds. The molecule has 3 nitrogen and oxygen atoms in total. The number of aromatic nitrogens is 1. The third kappa shape index (κ3) is 4.28. The van der Waals surface area contributed by atoms with Crippen LogP contribution in [0.2, 0.25) is 0 Å². The van der Waals surface area contributed by atoms with E-state index in [1.54, 1.807) is 11.3 Å². The van der Waals surface area contributed by atoms with Crippen molar-refractivity contribution in [2.45, 2.75) is 39.8 Å². The third-order valence-electron chi connectivity index (χ3n) is 2.03. The van der Waals surface area contributed by atoms with Crippen molar-refractivity contribution in [3.8, 4) is 0 Å². The summed E-state index contributed by atoms with van der Waals surface area (Å²) in [6.07, 6.45) is 2.22. The van der Waals surface area contributed by atoms with Gasteiger partial charge in [-0.3, -0.25) is 0 Å². The second-order valence-corrected chi connectivity index (χ2v) is 5.04. The lowest BCUT2D eigenvalue weighted by Gasteiger charge is -2.17. The van der Waals surface area contributed by atoms with E-state index < -0.39 is 0 Å². The molecule has 0 bridgehead atoms. The average molecular weight is 228 g/mol. The normalized spacial score (nSPS) is 13.4. The van der Waals surface area contributed by atoms with Gasteiger partial charge in [0.1, 0.15) is 0 Å². The Balaban J connectivity index is 2.57. The molecule has 0 aromatic carbocycles. The van der Waals surface area contributed by atoms with Gasteiger partial charge in [0.2, 0.25) is 0 Å². The highest BCUT2D eigenvalue weighted by Crippen LogP contribution is 2.20. The molecule has 1 N–H and O–H groups in total. The number of rotatable bonds is 6. The topological polar surface area (TPSA) is 34.1 Å². The first-order valence-corrected chi connectivity index (χ1v) is 6.22. The Morgan fingerprint density at radius 2 is 2.27 bits per heavy atom. The van der Waals surface area contributed by atoms with Gasteiger partial charge in [0, 0.05) is 11.1 Å². The highest BCUT2D eigenvalue weighted by atomic mass is 32.1. The van der Waals surface area contributed by atoms with E-state index in [-0.39, 0.29) is 12.1 Å². The molecule has 0 aliphatic rings. The maximum absolute atomic E-state index is 5.64. The van der Waals surface area contributed by atoms with Gasteiger partial charge in [-0.1, -0.05) is 6.92 Å². The van der Waals surface area contributed by atoms with E-state index in [1.165, 1.54) is 4.88 Å². The number of hydrogen-bond acceptors (Lipinski definition) is 4. The Hall–Kier alpha value is -0.450. The van der Waals surface area contributed by atoms with Gasteiger partial charge in [0.05, 0.1) is 23.8 Å². The molecule has 0 aliphatic heterocycles. The molecular weight excluding hydrogens is 208 g/mol. The average Bonchev–Trinajstić information content (AvgIpc) is 2.59. The van der Waals surface area contributed by atoms with Crippen LogP contribution in [0.5, 0.6) is 0 Å². The molecule has 0 aliphatic carbocycles. The van der Waals surface area contributed by atoms with Crippen LogP contribution in [0, 0.1) is 6.92 Å². The van der Waals surface area contributed by atoms with Crippen LogP contribution < -0.4 is 5.32 Å². The molecule has 1 aromatic rings. The molecule has 4 heteroatoms. The van der Waals surface area contributed by atoms with Crippen LogP contribution in [0.1, 0.15) is 36.7 Å². The summed E-state index contributed by atoms with van der Waals surface area (Å²) in [5.74, 6) is 0. The van der Waals surface area contributed by atoms with Crippen molar-refractivity contribution in [2.24, 2.45) is 0 Å². The van der Waals surface area contributed by atoms with Crippen molar-refractivity contribution in [1.82, 2.24) is 10.3 Å². The summed E-state index contributed by atoms with van der Waals surface area (Å²) in [6.45, 7) is 9.91. The zero-order valence-electron chi connectivity index (χ0n) is 9.91. The molecule has 0 saturated heterocycles. The standard InChI is InChI=1S/C11H20N2OS/c1-5-12-10(7-14-8(2)3)11-6-13-9(4)15-11/h6,8,10,12H,5,7H2,1-4H3. The Morgan fingerprint density at radius 1 is 1.53 bits per heavy atom. The Bertz CT molecular complexity index is 286. The molecular formula is C11H20N2OS. The highest BCUT2D eigenvalue weighted by molar-refractivity contribution is 7.11. The first-order chi connectivity index (χ1) is 7.13. The van der Waals surface area contributed by atoms with Gasteiger partial charge in [-0.2, -0.15) is 0 Å². The largest absolute Gasteiger partial charge is 0.377 e. The minimum atomic E-state index is 0.278. The van der Waals surface area contributed by atoms with Gasteiger partial charge >= 0.3 is 0 Å². The minimum absolute atomic E-state index is 0.278. The predicted octanol–water partition coefficient (Wildman–Crippen LogP) is 2.53. The second-order valence-electron chi connectivity index (χ2n) is 3.77. The Morgan fingerprint density at radius 3 is 2.73 bits per heavy atom. The van der Waals surface area contributed by atoms with Crippen molar-refractivity contribution in [3.05, 3.63) is 16.1 Å². The highest BCUT2D eigenvalue weighted by Gasteiger charge is 2.13. The molecule has 0 radical (unpaired) electrons. The van der Waals surface area contributed by atoms with Crippen LogP contribution in [-0.2, 0) is 4.74 Å². The van der Waals surface area contributed by atoms with Gasteiger partial charge in [0.25, 0.3) is 0 Å². The van der Waals surface area contributed by atoms with Crippen LogP contribution in [0.3, 0.4) is 0 Å². The van der Waals surface area contributed by atoms with Crippen LogP contribution in [0.4, 0.5) is 0 Å². The second kappa shape index (κ2) is 6.20. The van der Waals surface area contributed by atoms with E-state index in [2.05, 4.69) is 31.1 Å². The van der Waals surface area contributed by atoms with Crippen molar-refractivity contribution in [2.75, 3.05) is 13.2 Å². The van der Waals surface area contributed by atoms with Gasteiger partial charge in [0.15, 0.2) is 0 Å². The van der Waals surface area contributed by atoms with E-state index in [0.717, 1.165) is 11.6 Å². The summed E-state index contributed by atoms with van der Waals surface area (Å²) >= 11 is 1.73. The fraction of sp³-hybridized carbons (Fsp3) is 0.727. The molecule has 1 atom stereocenters. The number of aryl methyl sites for hydroxylation is 1. The molecule has 0 fully saturated rings. The van der Waals surface area contributed by atoms with E-state index in [9.17, 15) is 0 Å². The lowest BCUT2D eigenvalue weighted by Crippen LogP contribution is -2.25. The molecule has 0 saturated carbocycles. The summed E-state index contributed by atoms with van der Waals surface area (Å²) in [7, 11) is 0. The van der Waals surface area contributed by atoms with E-state index >= 15 is 0 Å². The number of thiazole rings is 1. The molecule has 15 heavy (non-hydrogen) atoms. The van der Waals surface area contributed by atoms with Crippen molar-refractivity contribution in [1.29, 1.82) is 0 Å². The van der Waals surface area contributed by atoms with Crippen molar-refractivity contribution >= 4 is 11.3 Å². The Labute approximate surface area is 95.9 Å². The molecule has 1 heterocycles. The molecule has 0 spiro atoms. The van der Waals surface area contributed by atoms with Gasteiger partial charge in [-0.15, -0.1) is 11.3 Å². The zero-order chi connectivity index (χ0) is 11.3. The number of likely N-dealkylation sites (N-methyl/N-ethyl adjacent to an activating group) is 1. The monoisotopic (exact) mass is 228 g/mol. The number of nitrogens with one attached hydrogen (secondary N) is 1. The molecule has 1 aromatic heterocycles. The lowest BCUT2D eigenvalue weighted by atomic mass is 10.2. The van der Waals surface area contributed by atoms with Crippen LogP contribution in [0.15, 0.2) is 6.20 Å². The lowest BCUT2D eigenvalue weighted by molar-refractivity contribution is 0.0620. The van der Waals surface area contributed by atoms with Crippen molar-refractivity contribution in [3.63, 3.8) is 0 Å². The van der Waals surface area contributed by atoms with Crippen LogP contribution in [0.25, 0.3) is 0 Å². The number of nitrogens with zero attached hydrogens (tertiary/aromatic N) is 1. The summed E-state index contributed by atoms with van der Waals surface area (Å²) < 4.78 is 5.64. The minimum Gasteiger partial charge on any atom is -0.377 e. The van der Waals surface area contributed by atoms with E-state index in [1.807, 2.05) is 13.1 Å². The third-order valence-corrected chi connectivity index (χ3v) is 3.06. The van der Waals surface area contributed by atoms with E-state index in [0.29, 0.717) is 6.61 Å². The smallest absolute Gasteiger partial charge is 0.0897 e. The maximum Gasteiger partial charge on any atom is 0.0897 e. The maximum atomic E-state index is 5.64. The summed E-state index contributed by atoms with van der Waals surface area (Å²) in [6, 6.07) is 0.281. The van der Waals surface area contributed by atoms with Crippen LogP contribution >= 0.6 is 11.3 Å². The molecule has 86 valence electrons. The first kappa shape index (κ1) is 12.6. The fourth-order valence-electron chi connectivity index (χ4n) is 1.32. The summed E-state index contributed by atoms with van der Waals surface area (Å²) in [4.78, 5) is 5.53. The SMILES string of the molecule is CCNC(COC(C)C)c1cnc(C)s1. The summed E-state index contributed by atoms with van der Waals surface area (Å²) in [5.41, 5.74) is 0. The quantitative estimate of drug-likeness (QED) is 0.812. The zero-order valence-corrected chi connectivity index (χ0v) is 10.7. The Kier molecular flexibility index (Phi) is 5.22. The summed E-state index contributed by atoms with van der Waals surface area (Å²) in [5, 5.41) is 4.52. The first-order valence-electron chi connectivity index (χ1n) is 5.40. The predicted molar refractivity (Wildman–Crippen MR) is 64.4 cm³/mol. The van der Waals surface area contributed by atoms with Crippen molar-refractivity contribution < 1.29 is 4.74 Å². The van der Waals surface area contributed by atoms with Gasteiger partial charge in [-0.05, 0) is 27.3 Å². The van der Waals surface area contributed by atoms with Gasteiger partial charge < -0.3 is 10.1 Å². The van der Waals surface area contributed by atoms with Crippen LogP contribution in [-0.4, -0.2) is 24.2 Å². The molecule has 1 rings (SSSR count). The fourth-order valence-corrected chi connectivity index (χ4v) is 2.16. The van der Waals surface area contributed by atoms with E-state index in [4.69, 9.17) is 4.74 Å². The molecule has 1 unspecified atom stereocenters. The van der Waals surface area contributed by atoms with Gasteiger partial charge in [-0.25, -0.2) is 4.98 Å².